The van der Waals surface area contributed by atoms with Gasteiger partial charge in [-0.05, 0) is 42.5 Å². The molecule has 0 spiro atoms. The molecule has 0 radical (unpaired) electrons. The number of amides is 1. The number of carbonyl (C=O) groups excluding carboxylic acids is 1. The first-order chi connectivity index (χ1) is 10.0. The summed E-state index contributed by atoms with van der Waals surface area (Å²) in [5.41, 5.74) is 0.988. The molecule has 1 amide bonds. The van der Waals surface area contributed by atoms with Crippen LogP contribution in [0.15, 0.2) is 30.3 Å². The average molecular weight is 289 g/mol. The van der Waals surface area contributed by atoms with Crippen LogP contribution in [-0.2, 0) is 4.79 Å². The van der Waals surface area contributed by atoms with Crippen molar-refractivity contribution in [2.24, 2.45) is 5.92 Å². The average Bonchev–Trinajstić information content (AvgIpc) is 2.45. The van der Waals surface area contributed by atoms with Crippen molar-refractivity contribution in [3.05, 3.63) is 35.9 Å². The highest BCUT2D eigenvalue weighted by Crippen LogP contribution is 2.13. The smallest absolute Gasteiger partial charge is 0.244 e. The fourth-order valence-corrected chi connectivity index (χ4v) is 2.30. The topological polar surface area (TPSA) is 38.3 Å². The zero-order valence-electron chi connectivity index (χ0n) is 13.6. The number of ether oxygens (including phenoxy) is 1. The van der Waals surface area contributed by atoms with Gasteiger partial charge in [0.05, 0.1) is 7.11 Å². The molecule has 0 aliphatic carbocycles. The quantitative estimate of drug-likeness (QED) is 0.733. The maximum absolute atomic E-state index is 12.0. The standard InChI is InChI=1S/C18H27NO2/c1-5-6-16(13-14(2)3)19-18(20)12-9-15-7-10-17(21-4)11-8-15/h7-12,14,16H,5-6,13H2,1-4H3,(H,19,20). The van der Waals surface area contributed by atoms with Crippen molar-refractivity contribution in [2.45, 2.75) is 46.1 Å². The molecule has 3 heteroatoms. The van der Waals surface area contributed by atoms with E-state index in [1.807, 2.05) is 30.3 Å². The normalized spacial score (nSPS) is 12.6. The Hall–Kier alpha value is -1.77. The lowest BCUT2D eigenvalue weighted by Gasteiger charge is -2.19. The van der Waals surface area contributed by atoms with Crippen LogP contribution in [0.3, 0.4) is 0 Å². The highest BCUT2D eigenvalue weighted by atomic mass is 16.5. The highest BCUT2D eigenvalue weighted by molar-refractivity contribution is 5.91. The molecule has 0 aliphatic rings. The number of benzene rings is 1. The van der Waals surface area contributed by atoms with Crippen LogP contribution in [-0.4, -0.2) is 19.1 Å². The molecule has 1 aromatic rings. The minimum absolute atomic E-state index is 0.0232. The number of rotatable bonds is 8. The van der Waals surface area contributed by atoms with Gasteiger partial charge in [0.15, 0.2) is 0 Å². The van der Waals surface area contributed by atoms with Crippen molar-refractivity contribution in [1.82, 2.24) is 5.32 Å². The minimum Gasteiger partial charge on any atom is -0.497 e. The van der Waals surface area contributed by atoms with Gasteiger partial charge in [-0.25, -0.2) is 0 Å². The van der Waals surface area contributed by atoms with Crippen molar-refractivity contribution in [2.75, 3.05) is 7.11 Å². The van der Waals surface area contributed by atoms with Crippen molar-refractivity contribution in [1.29, 1.82) is 0 Å². The van der Waals surface area contributed by atoms with Crippen molar-refractivity contribution < 1.29 is 9.53 Å². The molecule has 0 aromatic heterocycles. The first-order valence-electron chi connectivity index (χ1n) is 7.67. The summed E-state index contributed by atoms with van der Waals surface area (Å²) in [5, 5.41) is 3.09. The Balaban J connectivity index is 2.55. The second-order valence-electron chi connectivity index (χ2n) is 5.73. The highest BCUT2D eigenvalue weighted by Gasteiger charge is 2.11. The molecule has 1 aromatic carbocycles. The van der Waals surface area contributed by atoms with E-state index in [1.165, 1.54) is 0 Å². The third-order valence-electron chi connectivity index (χ3n) is 3.28. The van der Waals surface area contributed by atoms with Gasteiger partial charge in [-0.15, -0.1) is 0 Å². The van der Waals surface area contributed by atoms with Crippen LogP contribution in [0.25, 0.3) is 6.08 Å². The Morgan fingerprint density at radius 3 is 2.48 bits per heavy atom. The van der Waals surface area contributed by atoms with Gasteiger partial charge in [0, 0.05) is 12.1 Å². The molecule has 1 N–H and O–H groups in total. The maximum Gasteiger partial charge on any atom is 0.244 e. The van der Waals surface area contributed by atoms with Crippen LogP contribution in [0.4, 0.5) is 0 Å². The minimum atomic E-state index is -0.0232. The van der Waals surface area contributed by atoms with E-state index in [2.05, 4.69) is 26.1 Å². The summed E-state index contributed by atoms with van der Waals surface area (Å²) in [6, 6.07) is 7.90. The van der Waals surface area contributed by atoms with Gasteiger partial charge in [-0.1, -0.05) is 39.3 Å². The molecule has 0 heterocycles. The first-order valence-corrected chi connectivity index (χ1v) is 7.67. The summed E-state index contributed by atoms with van der Waals surface area (Å²) in [7, 11) is 1.64. The zero-order chi connectivity index (χ0) is 15.7. The van der Waals surface area contributed by atoms with E-state index >= 15 is 0 Å². The van der Waals surface area contributed by atoms with E-state index in [4.69, 9.17) is 4.74 Å². The fourth-order valence-electron chi connectivity index (χ4n) is 2.30. The Labute approximate surface area is 128 Å². The molecule has 3 nitrogen and oxygen atoms in total. The summed E-state index contributed by atoms with van der Waals surface area (Å²) >= 11 is 0. The number of hydrogen-bond acceptors (Lipinski definition) is 2. The summed E-state index contributed by atoms with van der Waals surface area (Å²) in [6.07, 6.45) is 6.56. The number of hydrogen-bond donors (Lipinski definition) is 1. The van der Waals surface area contributed by atoms with Crippen molar-refractivity contribution in [3.63, 3.8) is 0 Å². The number of carbonyl (C=O) groups is 1. The first kappa shape index (κ1) is 17.3. The predicted molar refractivity (Wildman–Crippen MR) is 88.3 cm³/mol. The fraction of sp³-hybridized carbons (Fsp3) is 0.500. The Morgan fingerprint density at radius 2 is 1.95 bits per heavy atom. The molecule has 0 saturated carbocycles. The monoisotopic (exact) mass is 289 g/mol. The predicted octanol–water partition coefficient (Wildman–Crippen LogP) is 4.04. The summed E-state index contributed by atoms with van der Waals surface area (Å²) in [4.78, 5) is 12.0. The van der Waals surface area contributed by atoms with Gasteiger partial charge in [0.1, 0.15) is 5.75 Å². The van der Waals surface area contributed by atoms with E-state index in [-0.39, 0.29) is 11.9 Å². The Morgan fingerprint density at radius 1 is 1.29 bits per heavy atom. The van der Waals surface area contributed by atoms with Crippen LogP contribution >= 0.6 is 0 Å². The molecule has 0 aliphatic heterocycles. The second-order valence-corrected chi connectivity index (χ2v) is 5.73. The van der Waals surface area contributed by atoms with Crippen LogP contribution in [0.1, 0.15) is 45.6 Å². The second kappa shape index (κ2) is 9.22. The molecular weight excluding hydrogens is 262 g/mol. The van der Waals surface area contributed by atoms with E-state index < -0.39 is 0 Å². The summed E-state index contributed by atoms with van der Waals surface area (Å²) in [5.74, 6) is 1.38. The number of nitrogens with one attached hydrogen (secondary N) is 1. The molecule has 116 valence electrons. The third kappa shape index (κ3) is 6.98. The Bertz CT molecular complexity index is 449. The maximum atomic E-state index is 12.0. The van der Waals surface area contributed by atoms with Gasteiger partial charge in [0.25, 0.3) is 0 Å². The molecular formula is C18H27NO2. The Kier molecular flexibility index (Phi) is 7.59. The van der Waals surface area contributed by atoms with E-state index in [0.29, 0.717) is 5.92 Å². The van der Waals surface area contributed by atoms with Gasteiger partial charge >= 0.3 is 0 Å². The van der Waals surface area contributed by atoms with Gasteiger partial charge in [0.2, 0.25) is 5.91 Å². The van der Waals surface area contributed by atoms with E-state index in [1.54, 1.807) is 13.2 Å². The molecule has 1 unspecified atom stereocenters. The number of methoxy groups -OCH3 is 1. The van der Waals surface area contributed by atoms with Crippen molar-refractivity contribution >= 4 is 12.0 Å². The third-order valence-corrected chi connectivity index (χ3v) is 3.28. The lowest BCUT2D eigenvalue weighted by molar-refractivity contribution is -0.117. The van der Waals surface area contributed by atoms with Crippen LogP contribution in [0.2, 0.25) is 0 Å². The SMILES string of the molecule is CCCC(CC(C)C)NC(=O)C=Cc1ccc(OC)cc1. The van der Waals surface area contributed by atoms with E-state index in [0.717, 1.165) is 30.6 Å². The molecule has 1 atom stereocenters. The summed E-state index contributed by atoms with van der Waals surface area (Å²) < 4.78 is 5.11. The molecule has 0 fully saturated rings. The lowest BCUT2D eigenvalue weighted by atomic mass is 10.00. The van der Waals surface area contributed by atoms with Crippen LogP contribution in [0, 0.1) is 5.92 Å². The largest absolute Gasteiger partial charge is 0.497 e. The molecule has 0 bridgehead atoms. The lowest BCUT2D eigenvalue weighted by Crippen LogP contribution is -2.34. The van der Waals surface area contributed by atoms with Gasteiger partial charge in [-0.2, -0.15) is 0 Å². The molecule has 0 saturated heterocycles. The zero-order valence-corrected chi connectivity index (χ0v) is 13.6. The van der Waals surface area contributed by atoms with Crippen LogP contribution < -0.4 is 10.1 Å². The van der Waals surface area contributed by atoms with Crippen molar-refractivity contribution in [3.8, 4) is 5.75 Å². The molecule has 1 rings (SSSR count). The van der Waals surface area contributed by atoms with E-state index in [9.17, 15) is 4.79 Å². The van der Waals surface area contributed by atoms with Gasteiger partial charge in [-0.3, -0.25) is 4.79 Å². The van der Waals surface area contributed by atoms with Gasteiger partial charge < -0.3 is 10.1 Å². The molecule has 21 heavy (non-hydrogen) atoms. The summed E-state index contributed by atoms with van der Waals surface area (Å²) in [6.45, 7) is 6.51. The van der Waals surface area contributed by atoms with Crippen LogP contribution in [0.5, 0.6) is 5.75 Å².